The monoisotopic (exact) mass is 161 g/mol. The highest BCUT2D eigenvalue weighted by molar-refractivity contribution is 5.78. The van der Waals surface area contributed by atoms with Crippen LogP contribution in [0.5, 0.6) is 0 Å². The summed E-state index contributed by atoms with van der Waals surface area (Å²) in [5.41, 5.74) is 3.25. The molecule has 0 saturated carbocycles. The van der Waals surface area contributed by atoms with Gasteiger partial charge in [0.15, 0.2) is 0 Å². The number of para-hydroxylation sites is 1. The molecule has 1 heterocycles. The molecule has 0 aliphatic carbocycles. The van der Waals surface area contributed by atoms with Crippen molar-refractivity contribution in [3.05, 3.63) is 35.9 Å². The van der Waals surface area contributed by atoms with Gasteiger partial charge in [0.1, 0.15) is 0 Å². The molecule has 0 saturated heterocycles. The highest BCUT2D eigenvalue weighted by atomic mass is 16.5. The highest BCUT2D eigenvalue weighted by Gasteiger charge is 2.12. The van der Waals surface area contributed by atoms with Crippen molar-refractivity contribution in [3.8, 4) is 0 Å². The number of nitrogens with zero attached hydrogens (tertiary/aromatic N) is 1. The van der Waals surface area contributed by atoms with Gasteiger partial charge in [0.25, 0.3) is 0 Å². The number of hydroxylamine groups is 1. The van der Waals surface area contributed by atoms with Gasteiger partial charge in [-0.05, 0) is 18.6 Å². The molecule has 2 nitrogen and oxygen atoms in total. The Kier molecular flexibility index (Phi) is 1.62. The molecule has 0 fully saturated rings. The van der Waals surface area contributed by atoms with E-state index in [1.807, 2.05) is 30.3 Å². The molecule has 12 heavy (non-hydrogen) atoms. The summed E-state index contributed by atoms with van der Waals surface area (Å²) in [6.07, 6.45) is 2.02. The molecular formula is C10H11NO. The van der Waals surface area contributed by atoms with Crippen LogP contribution in [0.3, 0.4) is 0 Å². The van der Waals surface area contributed by atoms with Gasteiger partial charge in [0, 0.05) is 5.56 Å². The zero-order chi connectivity index (χ0) is 8.55. The maximum absolute atomic E-state index is 9.47. The average molecular weight is 161 g/mol. The van der Waals surface area contributed by atoms with Crippen molar-refractivity contribution >= 4 is 11.3 Å². The minimum Gasteiger partial charge on any atom is -0.288 e. The lowest BCUT2D eigenvalue weighted by atomic mass is 10.0. The maximum Gasteiger partial charge on any atom is 0.0712 e. The van der Waals surface area contributed by atoms with Gasteiger partial charge >= 0.3 is 0 Å². The molecule has 62 valence electrons. The lowest BCUT2D eigenvalue weighted by Crippen LogP contribution is -2.22. The Bertz CT molecular complexity index is 330. The van der Waals surface area contributed by atoms with Crippen molar-refractivity contribution in [2.24, 2.45) is 0 Å². The number of allylic oxidation sites excluding steroid dienone is 1. The van der Waals surface area contributed by atoms with E-state index in [1.54, 1.807) is 0 Å². The van der Waals surface area contributed by atoms with E-state index in [0.717, 1.165) is 11.3 Å². The predicted octanol–water partition coefficient (Wildman–Crippen LogP) is 2.30. The van der Waals surface area contributed by atoms with E-state index in [0.29, 0.717) is 6.54 Å². The third kappa shape index (κ3) is 1.01. The Morgan fingerprint density at radius 3 is 2.83 bits per heavy atom. The number of rotatable bonds is 0. The lowest BCUT2D eigenvalue weighted by molar-refractivity contribution is 0.265. The fourth-order valence-corrected chi connectivity index (χ4v) is 1.46. The maximum atomic E-state index is 9.47. The summed E-state index contributed by atoms with van der Waals surface area (Å²) >= 11 is 0. The molecule has 0 bridgehead atoms. The highest BCUT2D eigenvalue weighted by Crippen LogP contribution is 2.29. The second-order valence-electron chi connectivity index (χ2n) is 2.99. The first-order valence-electron chi connectivity index (χ1n) is 4.01. The normalized spacial score (nSPS) is 15.5. The first kappa shape index (κ1) is 7.37. The second-order valence-corrected chi connectivity index (χ2v) is 2.99. The summed E-state index contributed by atoms with van der Waals surface area (Å²) in [6, 6.07) is 7.85. The molecule has 0 radical (unpaired) electrons. The van der Waals surface area contributed by atoms with Crippen LogP contribution in [-0.4, -0.2) is 11.8 Å². The van der Waals surface area contributed by atoms with E-state index in [1.165, 1.54) is 10.6 Å². The summed E-state index contributed by atoms with van der Waals surface area (Å²) in [5.74, 6) is 0. The van der Waals surface area contributed by atoms with Crippen LogP contribution in [0.25, 0.3) is 5.57 Å². The Morgan fingerprint density at radius 2 is 2.08 bits per heavy atom. The molecule has 0 unspecified atom stereocenters. The van der Waals surface area contributed by atoms with E-state index < -0.39 is 0 Å². The molecule has 0 amide bonds. The van der Waals surface area contributed by atoms with Gasteiger partial charge in [-0.25, -0.2) is 0 Å². The van der Waals surface area contributed by atoms with Crippen LogP contribution in [0.4, 0.5) is 5.69 Å². The quantitative estimate of drug-likeness (QED) is 0.631. The topological polar surface area (TPSA) is 23.5 Å². The Balaban J connectivity index is 2.58. The van der Waals surface area contributed by atoms with E-state index in [2.05, 4.69) is 6.92 Å². The Morgan fingerprint density at radius 1 is 1.33 bits per heavy atom. The van der Waals surface area contributed by atoms with Crippen molar-refractivity contribution < 1.29 is 5.21 Å². The van der Waals surface area contributed by atoms with Crippen molar-refractivity contribution in [1.29, 1.82) is 0 Å². The minimum absolute atomic E-state index is 0.586. The fourth-order valence-electron chi connectivity index (χ4n) is 1.46. The minimum atomic E-state index is 0.586. The molecule has 1 aromatic carbocycles. The van der Waals surface area contributed by atoms with Crippen LogP contribution in [0.1, 0.15) is 12.5 Å². The summed E-state index contributed by atoms with van der Waals surface area (Å²) < 4.78 is 0. The predicted molar refractivity (Wildman–Crippen MR) is 49.2 cm³/mol. The molecule has 2 rings (SSSR count). The smallest absolute Gasteiger partial charge is 0.0712 e. The lowest BCUT2D eigenvalue weighted by Gasteiger charge is -2.23. The Labute approximate surface area is 71.7 Å². The van der Waals surface area contributed by atoms with Crippen LogP contribution < -0.4 is 5.06 Å². The van der Waals surface area contributed by atoms with E-state index in [9.17, 15) is 5.21 Å². The molecule has 0 atom stereocenters. The molecule has 0 aromatic heterocycles. The van der Waals surface area contributed by atoms with E-state index in [-0.39, 0.29) is 0 Å². The zero-order valence-corrected chi connectivity index (χ0v) is 6.99. The van der Waals surface area contributed by atoms with Crippen LogP contribution in [-0.2, 0) is 0 Å². The van der Waals surface area contributed by atoms with Crippen molar-refractivity contribution in [2.45, 2.75) is 6.92 Å². The number of anilines is 1. The third-order valence-electron chi connectivity index (χ3n) is 2.18. The van der Waals surface area contributed by atoms with Gasteiger partial charge < -0.3 is 0 Å². The summed E-state index contributed by atoms with van der Waals surface area (Å²) in [5, 5.41) is 10.7. The molecular weight excluding hydrogens is 150 g/mol. The van der Waals surface area contributed by atoms with Gasteiger partial charge in [0.2, 0.25) is 0 Å². The van der Waals surface area contributed by atoms with Crippen LogP contribution in [0.2, 0.25) is 0 Å². The largest absolute Gasteiger partial charge is 0.288 e. The molecule has 0 spiro atoms. The number of hydrogen-bond acceptors (Lipinski definition) is 2. The van der Waals surface area contributed by atoms with E-state index in [4.69, 9.17) is 0 Å². The van der Waals surface area contributed by atoms with Crippen molar-refractivity contribution in [2.75, 3.05) is 11.6 Å². The standard InChI is InChI=1S/C10H11NO/c1-8-6-7-11(12)10-5-3-2-4-9(8)10/h2-6,12H,7H2,1H3. The zero-order valence-electron chi connectivity index (χ0n) is 6.99. The summed E-state index contributed by atoms with van der Waals surface area (Å²) in [4.78, 5) is 0. The van der Waals surface area contributed by atoms with Gasteiger partial charge in [-0.3, -0.25) is 10.3 Å². The van der Waals surface area contributed by atoms with Gasteiger partial charge in [-0.2, -0.15) is 0 Å². The van der Waals surface area contributed by atoms with E-state index >= 15 is 0 Å². The SMILES string of the molecule is CC1=CCN(O)c2ccccc21. The number of hydrogen-bond donors (Lipinski definition) is 1. The number of benzene rings is 1. The molecule has 1 aliphatic rings. The molecule has 1 aliphatic heterocycles. The summed E-state index contributed by atoms with van der Waals surface area (Å²) in [6.45, 7) is 2.65. The summed E-state index contributed by atoms with van der Waals surface area (Å²) in [7, 11) is 0. The first-order chi connectivity index (χ1) is 5.79. The van der Waals surface area contributed by atoms with Crippen LogP contribution in [0, 0.1) is 0 Å². The first-order valence-corrected chi connectivity index (χ1v) is 4.01. The number of fused-ring (bicyclic) bond motifs is 1. The third-order valence-corrected chi connectivity index (χ3v) is 2.18. The van der Waals surface area contributed by atoms with Gasteiger partial charge in [-0.1, -0.05) is 24.3 Å². The van der Waals surface area contributed by atoms with Crippen LogP contribution in [0.15, 0.2) is 30.3 Å². The Hall–Kier alpha value is -1.28. The van der Waals surface area contributed by atoms with Crippen LogP contribution >= 0.6 is 0 Å². The molecule has 1 N–H and O–H groups in total. The second kappa shape index (κ2) is 2.64. The molecule has 2 heteroatoms. The fraction of sp³-hybridized carbons (Fsp3) is 0.200. The van der Waals surface area contributed by atoms with Gasteiger partial charge in [0.05, 0.1) is 12.2 Å². The van der Waals surface area contributed by atoms with Gasteiger partial charge in [-0.15, -0.1) is 0 Å². The molecule has 1 aromatic rings. The van der Waals surface area contributed by atoms with Crippen molar-refractivity contribution in [1.82, 2.24) is 0 Å². The average Bonchev–Trinajstić information content (AvgIpc) is 2.12. The van der Waals surface area contributed by atoms with Crippen molar-refractivity contribution in [3.63, 3.8) is 0 Å².